The van der Waals surface area contributed by atoms with Crippen LogP contribution in [0.15, 0.2) is 18.2 Å². The minimum Gasteiger partial charge on any atom is -0.452 e. The fraction of sp³-hybridized carbons (Fsp3) is 0.619. The maximum absolute atomic E-state index is 14.2. The van der Waals surface area contributed by atoms with Gasteiger partial charge in [0.1, 0.15) is 5.82 Å². The van der Waals surface area contributed by atoms with Crippen molar-refractivity contribution in [3.63, 3.8) is 0 Å². The normalized spacial score (nSPS) is 20.3. The van der Waals surface area contributed by atoms with Gasteiger partial charge in [-0.25, -0.2) is 4.39 Å². The Balaban J connectivity index is 1.82. The molecule has 171 valence electrons. The highest BCUT2D eigenvalue weighted by Crippen LogP contribution is 2.38. The highest BCUT2D eigenvalue weighted by atomic mass is 19.4. The van der Waals surface area contributed by atoms with Gasteiger partial charge in [-0.1, -0.05) is 19.9 Å². The molecule has 5 nitrogen and oxygen atoms in total. The number of carbonyl (C=O) groups excluding carboxylic acids is 2. The summed E-state index contributed by atoms with van der Waals surface area (Å²) in [5.74, 6) is -2.37. The molecule has 1 aromatic carbocycles. The molecule has 0 bridgehead atoms. The molecule has 2 rings (SSSR count). The Morgan fingerprint density at radius 2 is 1.84 bits per heavy atom. The smallest absolute Gasteiger partial charge is 0.416 e. The van der Waals surface area contributed by atoms with E-state index < -0.39 is 29.4 Å². The van der Waals surface area contributed by atoms with Gasteiger partial charge >= 0.3 is 13.7 Å². The fourth-order valence-electron chi connectivity index (χ4n) is 3.94. The lowest BCUT2D eigenvalue weighted by molar-refractivity contribution is -0.137. The Labute approximate surface area is 180 Å². The number of carbonyl (C=O) groups is 2. The topological polar surface area (TPSA) is 78.4 Å². The molecule has 0 aromatic heterocycles. The van der Waals surface area contributed by atoms with Gasteiger partial charge in [-0.3, -0.25) is 9.59 Å². The third kappa shape index (κ3) is 7.52. The van der Waals surface area contributed by atoms with Gasteiger partial charge in [0.15, 0.2) is 0 Å². The number of halogens is 4. The van der Waals surface area contributed by atoms with Gasteiger partial charge in [0.25, 0.3) is 0 Å². The zero-order chi connectivity index (χ0) is 23.2. The maximum Gasteiger partial charge on any atom is 0.416 e. The first-order valence-electron chi connectivity index (χ1n) is 10.4. The summed E-state index contributed by atoms with van der Waals surface area (Å²) >= 11 is 0. The second-order valence-electron chi connectivity index (χ2n) is 8.45. The van der Waals surface area contributed by atoms with Crippen LogP contribution in [0.3, 0.4) is 0 Å². The Morgan fingerprint density at radius 3 is 2.35 bits per heavy atom. The van der Waals surface area contributed by atoms with Crippen molar-refractivity contribution in [3.05, 3.63) is 35.1 Å². The quantitative estimate of drug-likeness (QED) is 0.426. The predicted octanol–water partition coefficient (Wildman–Crippen LogP) is 3.33. The van der Waals surface area contributed by atoms with Crippen LogP contribution >= 0.6 is 0 Å². The molecule has 1 fully saturated rings. The van der Waals surface area contributed by atoms with Crippen LogP contribution in [0.5, 0.6) is 0 Å². The zero-order valence-electron chi connectivity index (χ0n) is 17.6. The number of nitrogens with one attached hydrogen (secondary N) is 2. The van der Waals surface area contributed by atoms with Crippen molar-refractivity contribution in [1.82, 2.24) is 10.6 Å². The maximum atomic E-state index is 14.2. The van der Waals surface area contributed by atoms with Crippen LogP contribution in [0.1, 0.15) is 63.0 Å². The first kappa shape index (κ1) is 25.2. The van der Waals surface area contributed by atoms with E-state index in [1.807, 2.05) is 13.8 Å². The van der Waals surface area contributed by atoms with Crippen LogP contribution in [0.2, 0.25) is 0 Å². The molecule has 31 heavy (non-hydrogen) atoms. The summed E-state index contributed by atoms with van der Waals surface area (Å²) in [7, 11) is 0.918. The van der Waals surface area contributed by atoms with E-state index in [0.717, 1.165) is 13.5 Å². The summed E-state index contributed by atoms with van der Waals surface area (Å²) in [6.07, 6.45) is -2.16. The van der Waals surface area contributed by atoms with Crippen LogP contribution in [0, 0.1) is 17.7 Å². The second kappa shape index (κ2) is 11.0. The van der Waals surface area contributed by atoms with Gasteiger partial charge in [-0.05, 0) is 61.6 Å². The number of benzene rings is 1. The molecule has 0 spiro atoms. The number of rotatable bonds is 8. The standard InChI is InChI=1S/C21H28BF4N2O3/c1-12(2)9-18(22-31)28-19(29)11-27-20(30)14-5-3-13(4-6-14)16-8-7-15(10-17(16)23)21(24,25)26/h7-8,10,12-14,18,31H,3-6,9,11H2,1-2H3,(H,27,30)(H,28,29). The lowest BCUT2D eigenvalue weighted by Crippen LogP contribution is -2.46. The summed E-state index contributed by atoms with van der Waals surface area (Å²) in [4.78, 5) is 24.3. The van der Waals surface area contributed by atoms with E-state index in [-0.39, 0.29) is 35.8 Å². The highest BCUT2D eigenvalue weighted by Gasteiger charge is 2.33. The Bertz CT molecular complexity index is 765. The van der Waals surface area contributed by atoms with E-state index in [0.29, 0.717) is 38.2 Å². The Hall–Kier alpha value is -2.10. The van der Waals surface area contributed by atoms with Crippen molar-refractivity contribution in [2.24, 2.45) is 11.8 Å². The van der Waals surface area contributed by atoms with Crippen molar-refractivity contribution >= 4 is 19.3 Å². The van der Waals surface area contributed by atoms with Crippen molar-refractivity contribution < 1.29 is 32.2 Å². The molecular weight excluding hydrogens is 415 g/mol. The van der Waals surface area contributed by atoms with Crippen molar-refractivity contribution in [1.29, 1.82) is 0 Å². The molecule has 0 saturated heterocycles. The summed E-state index contributed by atoms with van der Waals surface area (Å²) in [5.41, 5.74) is -0.780. The van der Waals surface area contributed by atoms with Crippen LogP contribution in [-0.2, 0) is 15.8 Å². The lowest BCUT2D eigenvalue weighted by atomic mass is 9.78. The summed E-state index contributed by atoms with van der Waals surface area (Å²) in [6, 6.07) is 2.58. The van der Waals surface area contributed by atoms with Gasteiger partial charge < -0.3 is 15.7 Å². The molecule has 1 aliphatic carbocycles. The average molecular weight is 443 g/mol. The van der Waals surface area contributed by atoms with Gasteiger partial charge in [0, 0.05) is 11.9 Å². The molecule has 1 unspecified atom stereocenters. The zero-order valence-corrected chi connectivity index (χ0v) is 17.6. The van der Waals surface area contributed by atoms with E-state index in [1.54, 1.807) is 0 Å². The monoisotopic (exact) mass is 443 g/mol. The van der Waals surface area contributed by atoms with Crippen LogP contribution in [0.4, 0.5) is 17.6 Å². The van der Waals surface area contributed by atoms with Crippen molar-refractivity contribution in [2.45, 2.75) is 64.0 Å². The third-order valence-corrected chi connectivity index (χ3v) is 5.54. The number of hydrogen-bond donors (Lipinski definition) is 3. The van der Waals surface area contributed by atoms with E-state index >= 15 is 0 Å². The van der Waals surface area contributed by atoms with E-state index in [2.05, 4.69) is 10.6 Å². The minimum absolute atomic E-state index is 0.214. The number of amides is 2. The molecule has 1 aliphatic rings. The molecule has 0 aliphatic heterocycles. The third-order valence-electron chi connectivity index (χ3n) is 5.54. The Kier molecular flexibility index (Phi) is 8.91. The van der Waals surface area contributed by atoms with Crippen molar-refractivity contribution in [2.75, 3.05) is 6.54 Å². The van der Waals surface area contributed by atoms with Gasteiger partial charge in [0.05, 0.1) is 12.1 Å². The summed E-state index contributed by atoms with van der Waals surface area (Å²) in [5, 5.41) is 14.4. The van der Waals surface area contributed by atoms with E-state index in [4.69, 9.17) is 0 Å². The Morgan fingerprint density at radius 1 is 1.19 bits per heavy atom. The molecule has 1 atom stereocenters. The molecule has 1 radical (unpaired) electrons. The SMILES string of the molecule is CC(C)CC([B]O)NC(=O)CNC(=O)C1CCC(c2ccc(C(F)(F)F)cc2F)CC1. The van der Waals surface area contributed by atoms with Gasteiger partial charge in [-0.2, -0.15) is 13.2 Å². The minimum atomic E-state index is -4.59. The summed E-state index contributed by atoms with van der Waals surface area (Å²) in [6.45, 7) is 3.70. The van der Waals surface area contributed by atoms with Crippen molar-refractivity contribution in [3.8, 4) is 0 Å². The first-order chi connectivity index (χ1) is 14.5. The highest BCUT2D eigenvalue weighted by molar-refractivity contribution is 6.28. The van der Waals surface area contributed by atoms with Crippen LogP contribution in [-0.4, -0.2) is 36.8 Å². The van der Waals surface area contributed by atoms with Crippen LogP contribution in [0.25, 0.3) is 0 Å². The molecule has 1 aromatic rings. The van der Waals surface area contributed by atoms with Gasteiger partial charge in [-0.15, -0.1) is 0 Å². The molecule has 10 heteroatoms. The molecule has 3 N–H and O–H groups in total. The first-order valence-corrected chi connectivity index (χ1v) is 10.4. The molecular formula is C21H28BF4N2O3. The average Bonchev–Trinajstić information content (AvgIpc) is 2.70. The van der Waals surface area contributed by atoms with Gasteiger partial charge in [0.2, 0.25) is 11.8 Å². The number of alkyl halides is 3. The lowest BCUT2D eigenvalue weighted by Gasteiger charge is -2.28. The fourth-order valence-corrected chi connectivity index (χ4v) is 3.94. The second-order valence-corrected chi connectivity index (χ2v) is 8.45. The molecule has 1 saturated carbocycles. The number of hydrogen-bond acceptors (Lipinski definition) is 3. The van der Waals surface area contributed by atoms with Crippen LogP contribution < -0.4 is 10.6 Å². The predicted molar refractivity (Wildman–Crippen MR) is 108 cm³/mol. The van der Waals surface area contributed by atoms with E-state index in [1.165, 1.54) is 6.07 Å². The molecule has 0 heterocycles. The largest absolute Gasteiger partial charge is 0.452 e. The molecule has 2 amide bonds. The summed E-state index contributed by atoms with van der Waals surface area (Å²) < 4.78 is 52.3. The van der Waals surface area contributed by atoms with E-state index in [9.17, 15) is 32.2 Å².